The first-order valence-corrected chi connectivity index (χ1v) is 8.98. The van der Waals surface area contributed by atoms with E-state index in [9.17, 15) is 8.42 Å². The molecule has 0 saturated heterocycles. The molecular formula is C18H18N2O3S. The van der Waals surface area contributed by atoms with Crippen LogP contribution in [0.15, 0.2) is 76.2 Å². The maximum absolute atomic E-state index is 12.6. The lowest BCUT2D eigenvalue weighted by molar-refractivity contribution is 0.582. The molecule has 0 aliphatic heterocycles. The lowest BCUT2D eigenvalue weighted by Crippen LogP contribution is -2.14. The molecule has 24 heavy (non-hydrogen) atoms. The topological polar surface area (TPSA) is 71.3 Å². The zero-order chi connectivity index (χ0) is 17.0. The average molecular weight is 342 g/mol. The summed E-state index contributed by atoms with van der Waals surface area (Å²) in [7, 11) is -1.80. The van der Waals surface area contributed by atoms with Crippen LogP contribution in [0, 0.1) is 0 Å². The fourth-order valence-corrected chi connectivity index (χ4v) is 3.53. The first kappa shape index (κ1) is 16.3. The molecule has 0 radical (unpaired) electrons. The summed E-state index contributed by atoms with van der Waals surface area (Å²) < 4.78 is 33.3. The van der Waals surface area contributed by atoms with Crippen LogP contribution in [0.5, 0.6) is 0 Å². The smallest absolute Gasteiger partial charge is 0.261 e. The summed E-state index contributed by atoms with van der Waals surface area (Å²) in [6.45, 7) is 0.680. The molecule has 0 aliphatic rings. The van der Waals surface area contributed by atoms with Crippen LogP contribution in [0.1, 0.15) is 5.56 Å². The van der Waals surface area contributed by atoms with Crippen molar-refractivity contribution >= 4 is 15.7 Å². The van der Waals surface area contributed by atoms with Crippen molar-refractivity contribution in [3.05, 3.63) is 72.5 Å². The molecule has 0 unspecified atom stereocenters. The van der Waals surface area contributed by atoms with Gasteiger partial charge in [-0.1, -0.05) is 24.3 Å². The first-order valence-electron chi connectivity index (χ1n) is 7.49. The zero-order valence-corrected chi connectivity index (χ0v) is 14.0. The Morgan fingerprint density at radius 2 is 1.79 bits per heavy atom. The molecule has 1 aromatic heterocycles. The quantitative estimate of drug-likeness (QED) is 0.719. The van der Waals surface area contributed by atoms with Gasteiger partial charge in [-0.25, -0.2) is 8.42 Å². The lowest BCUT2D eigenvalue weighted by atomic mass is 10.1. The molecule has 0 amide bonds. The van der Waals surface area contributed by atoms with Gasteiger partial charge in [0.05, 0.1) is 16.8 Å². The summed E-state index contributed by atoms with van der Waals surface area (Å²) >= 11 is 0. The van der Waals surface area contributed by atoms with Gasteiger partial charge in [-0.05, 0) is 49.0 Å². The molecule has 3 rings (SSSR count). The Kier molecular flexibility index (Phi) is 4.69. The van der Waals surface area contributed by atoms with Crippen LogP contribution in [-0.2, 0) is 16.6 Å². The third-order valence-corrected chi connectivity index (χ3v) is 4.93. The largest absolute Gasteiger partial charge is 0.464 e. The highest BCUT2D eigenvalue weighted by atomic mass is 32.2. The Bertz CT molecular complexity index is 905. The van der Waals surface area contributed by atoms with E-state index in [4.69, 9.17) is 4.42 Å². The Hall–Kier alpha value is -2.57. The second-order valence-electron chi connectivity index (χ2n) is 5.31. The molecule has 0 bridgehead atoms. The van der Waals surface area contributed by atoms with Crippen molar-refractivity contribution in [2.75, 3.05) is 11.8 Å². The van der Waals surface area contributed by atoms with Crippen molar-refractivity contribution in [1.29, 1.82) is 0 Å². The maximum atomic E-state index is 12.6. The Morgan fingerprint density at radius 1 is 1.00 bits per heavy atom. The highest BCUT2D eigenvalue weighted by molar-refractivity contribution is 7.92. The van der Waals surface area contributed by atoms with Gasteiger partial charge in [-0.3, -0.25) is 4.72 Å². The van der Waals surface area contributed by atoms with Crippen LogP contribution in [-0.4, -0.2) is 15.5 Å². The van der Waals surface area contributed by atoms with Crippen LogP contribution in [0.2, 0.25) is 0 Å². The fourth-order valence-electron chi connectivity index (χ4n) is 2.43. The Labute approximate surface area is 141 Å². The molecule has 1 heterocycles. The van der Waals surface area contributed by atoms with Crippen molar-refractivity contribution in [2.24, 2.45) is 0 Å². The van der Waals surface area contributed by atoms with E-state index in [2.05, 4.69) is 10.0 Å². The Balaban J connectivity index is 2.01. The molecule has 0 spiro atoms. The minimum atomic E-state index is -3.66. The number of rotatable bonds is 6. The summed E-state index contributed by atoms with van der Waals surface area (Å²) in [6.07, 6.45) is 1.57. The van der Waals surface area contributed by atoms with E-state index in [1.165, 1.54) is 0 Å². The summed E-state index contributed by atoms with van der Waals surface area (Å²) in [4.78, 5) is 0.217. The monoisotopic (exact) mass is 342 g/mol. The third kappa shape index (κ3) is 3.50. The molecule has 3 aromatic rings. The zero-order valence-electron chi connectivity index (χ0n) is 13.2. The van der Waals surface area contributed by atoms with Crippen molar-refractivity contribution in [3.8, 4) is 11.3 Å². The molecule has 2 aromatic carbocycles. The third-order valence-electron chi connectivity index (χ3n) is 3.55. The molecule has 2 N–H and O–H groups in total. The molecule has 124 valence electrons. The van der Waals surface area contributed by atoms with Gasteiger partial charge < -0.3 is 9.73 Å². The number of sulfonamides is 1. The van der Waals surface area contributed by atoms with Gasteiger partial charge in [0.2, 0.25) is 0 Å². The van der Waals surface area contributed by atoms with Crippen LogP contribution >= 0.6 is 0 Å². The molecule has 0 atom stereocenters. The van der Waals surface area contributed by atoms with E-state index in [0.29, 0.717) is 23.6 Å². The number of hydrogen-bond acceptors (Lipinski definition) is 4. The average Bonchev–Trinajstić information content (AvgIpc) is 3.11. The highest BCUT2D eigenvalue weighted by Gasteiger charge is 2.17. The van der Waals surface area contributed by atoms with Crippen LogP contribution in [0.4, 0.5) is 5.69 Å². The molecular weight excluding hydrogens is 324 g/mol. The first-order chi connectivity index (χ1) is 11.6. The molecule has 6 heteroatoms. The molecule has 0 aliphatic carbocycles. The number of hydrogen-bond donors (Lipinski definition) is 2. The van der Waals surface area contributed by atoms with E-state index in [1.54, 1.807) is 54.8 Å². The summed E-state index contributed by atoms with van der Waals surface area (Å²) in [6, 6.07) is 17.4. The number of benzene rings is 2. The maximum Gasteiger partial charge on any atom is 0.261 e. The van der Waals surface area contributed by atoms with Crippen LogP contribution in [0.25, 0.3) is 11.3 Å². The van der Waals surface area contributed by atoms with Gasteiger partial charge in [0, 0.05) is 12.1 Å². The van der Waals surface area contributed by atoms with Gasteiger partial charge in [-0.2, -0.15) is 0 Å². The van der Waals surface area contributed by atoms with Crippen molar-refractivity contribution in [2.45, 2.75) is 11.4 Å². The summed E-state index contributed by atoms with van der Waals surface area (Å²) in [5.41, 5.74) is 2.22. The van der Waals surface area contributed by atoms with Crippen LogP contribution < -0.4 is 10.0 Å². The fraction of sp³-hybridized carbons (Fsp3) is 0.111. The second-order valence-corrected chi connectivity index (χ2v) is 6.99. The minimum Gasteiger partial charge on any atom is -0.464 e. The van der Waals surface area contributed by atoms with E-state index < -0.39 is 10.0 Å². The minimum absolute atomic E-state index is 0.217. The number of anilines is 1. The van der Waals surface area contributed by atoms with E-state index in [-0.39, 0.29) is 4.90 Å². The van der Waals surface area contributed by atoms with Gasteiger partial charge in [-0.15, -0.1) is 0 Å². The van der Waals surface area contributed by atoms with Gasteiger partial charge in [0.15, 0.2) is 0 Å². The van der Waals surface area contributed by atoms with E-state index in [1.807, 2.05) is 19.2 Å². The van der Waals surface area contributed by atoms with E-state index >= 15 is 0 Å². The van der Waals surface area contributed by atoms with Gasteiger partial charge in [0.1, 0.15) is 5.76 Å². The van der Waals surface area contributed by atoms with Crippen LogP contribution in [0.3, 0.4) is 0 Å². The predicted molar refractivity (Wildman–Crippen MR) is 94.2 cm³/mol. The molecule has 0 saturated carbocycles. The summed E-state index contributed by atoms with van der Waals surface area (Å²) in [5.74, 6) is 0.610. The summed E-state index contributed by atoms with van der Waals surface area (Å²) in [5, 5.41) is 3.08. The van der Waals surface area contributed by atoms with Gasteiger partial charge >= 0.3 is 0 Å². The Morgan fingerprint density at radius 3 is 2.46 bits per heavy atom. The highest BCUT2D eigenvalue weighted by Crippen LogP contribution is 2.31. The second kappa shape index (κ2) is 6.90. The van der Waals surface area contributed by atoms with Crippen molar-refractivity contribution in [3.63, 3.8) is 0 Å². The molecule has 5 nitrogen and oxygen atoms in total. The number of nitrogens with one attached hydrogen (secondary N) is 2. The standard InChI is InChI=1S/C18H18N2O3S/c1-19-13-14-9-10-17(16(12-14)18-8-5-11-23-18)20-24(21,22)15-6-3-2-4-7-15/h2-12,19-20H,13H2,1H3. The number of furan rings is 1. The SMILES string of the molecule is CNCc1ccc(NS(=O)(=O)c2ccccc2)c(-c2ccco2)c1. The van der Waals surface area contributed by atoms with Crippen molar-refractivity contribution in [1.82, 2.24) is 5.32 Å². The lowest BCUT2D eigenvalue weighted by Gasteiger charge is -2.13. The molecule has 0 fully saturated rings. The normalized spacial score (nSPS) is 11.4. The van der Waals surface area contributed by atoms with E-state index in [0.717, 1.165) is 5.56 Å². The predicted octanol–water partition coefficient (Wildman–Crippen LogP) is 3.47. The van der Waals surface area contributed by atoms with Gasteiger partial charge in [0.25, 0.3) is 10.0 Å². The van der Waals surface area contributed by atoms with Crippen molar-refractivity contribution < 1.29 is 12.8 Å².